The number of fused-ring (bicyclic) bond motifs is 3. The fourth-order valence-electron chi connectivity index (χ4n) is 3.02. The molecular weight excluding hydrogens is 247 g/mol. The minimum absolute atomic E-state index is 0.0910. The Bertz CT molecular complexity index is 444. The molecule has 3 fully saturated rings. The van der Waals surface area contributed by atoms with Gasteiger partial charge in [0, 0.05) is 19.3 Å². The average molecular weight is 265 g/mol. The Labute approximate surface area is 111 Å². The van der Waals surface area contributed by atoms with E-state index in [0.29, 0.717) is 4.65 Å². The Morgan fingerprint density at radius 2 is 1.74 bits per heavy atom. The van der Waals surface area contributed by atoms with Gasteiger partial charge in [0.15, 0.2) is 0 Å². The molecule has 1 aromatic rings. The highest BCUT2D eigenvalue weighted by atomic mass is 19.2. The second-order valence-electron chi connectivity index (χ2n) is 5.43. The quantitative estimate of drug-likeness (QED) is 0.607. The van der Waals surface area contributed by atoms with Gasteiger partial charge in [-0.3, -0.25) is 0 Å². The van der Waals surface area contributed by atoms with Gasteiger partial charge < -0.3 is 0 Å². The van der Waals surface area contributed by atoms with E-state index in [2.05, 4.69) is 0 Å². The number of hydrogen-bond acceptors (Lipinski definition) is 2. The lowest BCUT2D eigenvalue weighted by Gasteiger charge is -2.44. The molecule has 3 aliphatic heterocycles. The summed E-state index contributed by atoms with van der Waals surface area (Å²) < 4.78 is 14.2. The molecule has 0 saturated carbocycles. The highest BCUT2D eigenvalue weighted by Gasteiger charge is 2.45. The summed E-state index contributed by atoms with van der Waals surface area (Å²) in [5.74, 6) is 0.773. The Morgan fingerprint density at radius 1 is 1.16 bits per heavy atom. The van der Waals surface area contributed by atoms with Gasteiger partial charge in [-0.1, -0.05) is 22.7 Å². The van der Waals surface area contributed by atoms with E-state index in [1.165, 1.54) is 0 Å². The van der Waals surface area contributed by atoms with Crippen molar-refractivity contribution in [2.24, 2.45) is 5.92 Å². The molecule has 0 N–H and O–H groups in total. The molecule has 0 unspecified atom stereocenters. The van der Waals surface area contributed by atoms with Gasteiger partial charge in [0.05, 0.1) is 5.69 Å². The zero-order chi connectivity index (χ0) is 13.3. The van der Waals surface area contributed by atoms with E-state index in [1.54, 1.807) is 30.3 Å². The van der Waals surface area contributed by atoms with Crippen LogP contribution in [0.5, 0.6) is 0 Å². The fourth-order valence-corrected chi connectivity index (χ4v) is 3.02. The maximum absolute atomic E-state index is 14.0. The van der Waals surface area contributed by atoms with Crippen LogP contribution in [0.1, 0.15) is 19.3 Å². The van der Waals surface area contributed by atoms with Crippen molar-refractivity contribution in [3.8, 4) is 0 Å². The monoisotopic (exact) mass is 265 g/mol. The standard InChI is InChI=1S/C14H18FN2O2/c15-16(13-4-2-1-3-5-13)14(18)19-17-9-6-12(7-10-17)8-11-17/h1-5,12H,6-11H2/q+1. The molecule has 3 saturated heterocycles. The zero-order valence-electron chi connectivity index (χ0n) is 10.8. The third-order valence-electron chi connectivity index (χ3n) is 4.25. The minimum Gasteiger partial charge on any atom is -0.249 e. The average Bonchev–Trinajstić information content (AvgIpc) is 2.49. The van der Waals surface area contributed by atoms with Crippen molar-refractivity contribution in [1.29, 1.82) is 0 Å². The highest BCUT2D eigenvalue weighted by Crippen LogP contribution is 2.34. The molecular formula is C14H18FN2O2+. The lowest BCUT2D eigenvalue weighted by atomic mass is 9.88. The largest absolute Gasteiger partial charge is 0.496 e. The SMILES string of the molecule is O=C(O[N+]12CCC(CC1)CC2)N(F)c1ccccc1. The Balaban J connectivity index is 1.68. The molecule has 3 aliphatic rings. The molecule has 0 spiro atoms. The van der Waals surface area contributed by atoms with Crippen LogP contribution in [0.25, 0.3) is 0 Å². The summed E-state index contributed by atoms with van der Waals surface area (Å²) in [6.07, 6.45) is 2.31. The molecule has 4 nitrogen and oxygen atoms in total. The van der Waals surface area contributed by atoms with Crippen LogP contribution in [0.15, 0.2) is 30.3 Å². The Morgan fingerprint density at radius 3 is 2.32 bits per heavy atom. The number of carbonyl (C=O) groups excluding carboxylic acids is 1. The van der Waals surface area contributed by atoms with Crippen LogP contribution in [0.3, 0.4) is 0 Å². The van der Waals surface area contributed by atoms with E-state index >= 15 is 0 Å². The first-order chi connectivity index (χ1) is 9.19. The number of hydrogen-bond donors (Lipinski definition) is 0. The van der Waals surface area contributed by atoms with Crippen LogP contribution in [0.4, 0.5) is 15.0 Å². The second-order valence-corrected chi connectivity index (χ2v) is 5.43. The minimum atomic E-state index is -0.911. The maximum atomic E-state index is 14.0. The number of amides is 1. The van der Waals surface area contributed by atoms with E-state index in [9.17, 15) is 9.28 Å². The van der Waals surface area contributed by atoms with Gasteiger partial charge in [-0.2, -0.15) is 0 Å². The molecule has 5 heteroatoms. The number of nitrogens with zero attached hydrogens (tertiary/aromatic N) is 2. The number of para-hydroxylation sites is 1. The first kappa shape index (κ1) is 12.4. The molecule has 0 atom stereocenters. The number of quaternary nitrogens is 1. The van der Waals surface area contributed by atoms with Crippen molar-refractivity contribution < 1.29 is 18.8 Å². The summed E-state index contributed by atoms with van der Waals surface area (Å²) in [6, 6.07) is 8.25. The van der Waals surface area contributed by atoms with Gasteiger partial charge >= 0.3 is 6.09 Å². The second kappa shape index (κ2) is 4.81. The summed E-state index contributed by atoms with van der Waals surface area (Å²) in [5, 5.41) is 0.0910. The van der Waals surface area contributed by atoms with Crippen LogP contribution in [-0.4, -0.2) is 30.4 Å². The number of anilines is 1. The molecule has 102 valence electrons. The summed E-state index contributed by atoms with van der Waals surface area (Å²) in [7, 11) is 0. The van der Waals surface area contributed by atoms with Gasteiger partial charge in [-0.15, -0.1) is 9.77 Å². The van der Waals surface area contributed by atoms with Crippen LogP contribution in [0.2, 0.25) is 0 Å². The van der Waals surface area contributed by atoms with E-state index in [0.717, 1.165) is 44.8 Å². The summed E-state index contributed by atoms with van der Waals surface area (Å²) >= 11 is 0. The van der Waals surface area contributed by atoms with Crippen molar-refractivity contribution in [3.63, 3.8) is 0 Å². The number of benzene rings is 1. The topological polar surface area (TPSA) is 29.5 Å². The number of halogens is 1. The highest BCUT2D eigenvalue weighted by molar-refractivity contribution is 5.84. The van der Waals surface area contributed by atoms with E-state index < -0.39 is 6.09 Å². The molecule has 19 heavy (non-hydrogen) atoms. The van der Waals surface area contributed by atoms with Crippen LogP contribution >= 0.6 is 0 Å². The van der Waals surface area contributed by atoms with E-state index in [4.69, 9.17) is 4.84 Å². The van der Waals surface area contributed by atoms with Crippen LogP contribution in [-0.2, 0) is 4.84 Å². The van der Waals surface area contributed by atoms with Crippen LogP contribution in [0, 0.1) is 5.92 Å². The van der Waals surface area contributed by atoms with Crippen molar-refractivity contribution in [2.45, 2.75) is 19.3 Å². The van der Waals surface area contributed by atoms with Gasteiger partial charge in [-0.25, -0.2) is 9.63 Å². The molecule has 4 rings (SSSR count). The molecule has 1 amide bonds. The molecule has 2 bridgehead atoms. The summed E-state index contributed by atoms with van der Waals surface area (Å²) in [6.45, 7) is 2.46. The molecule has 0 aliphatic carbocycles. The van der Waals surface area contributed by atoms with Gasteiger partial charge in [0.25, 0.3) is 0 Å². The first-order valence-electron chi connectivity index (χ1n) is 6.79. The van der Waals surface area contributed by atoms with Crippen molar-refractivity contribution in [2.75, 3.05) is 24.8 Å². The number of piperidine rings is 3. The van der Waals surface area contributed by atoms with Crippen molar-refractivity contribution in [1.82, 2.24) is 0 Å². The van der Waals surface area contributed by atoms with E-state index in [1.807, 2.05) is 0 Å². The molecule has 0 radical (unpaired) electrons. The Hall–Kier alpha value is -1.62. The predicted molar refractivity (Wildman–Crippen MR) is 68.7 cm³/mol. The summed E-state index contributed by atoms with van der Waals surface area (Å²) in [5.41, 5.74) is 0.206. The summed E-state index contributed by atoms with van der Waals surface area (Å²) in [4.78, 5) is 17.3. The number of carbonyl (C=O) groups is 1. The third-order valence-corrected chi connectivity index (χ3v) is 4.25. The first-order valence-corrected chi connectivity index (χ1v) is 6.79. The third kappa shape index (κ3) is 2.42. The van der Waals surface area contributed by atoms with Gasteiger partial charge in [-0.05, 0) is 18.1 Å². The van der Waals surface area contributed by atoms with Crippen LogP contribution < -0.4 is 5.12 Å². The number of rotatable bonds is 2. The maximum Gasteiger partial charge on any atom is 0.496 e. The zero-order valence-corrected chi connectivity index (χ0v) is 10.8. The normalized spacial score (nSPS) is 29.0. The van der Waals surface area contributed by atoms with Crippen molar-refractivity contribution in [3.05, 3.63) is 30.3 Å². The smallest absolute Gasteiger partial charge is 0.249 e. The van der Waals surface area contributed by atoms with Crippen molar-refractivity contribution >= 4 is 11.8 Å². The van der Waals surface area contributed by atoms with Gasteiger partial charge in [0.1, 0.15) is 19.6 Å². The predicted octanol–water partition coefficient (Wildman–Crippen LogP) is 3.06. The molecule has 3 heterocycles. The lowest BCUT2D eigenvalue weighted by molar-refractivity contribution is -1.10. The molecule has 1 aromatic carbocycles. The molecule has 0 aromatic heterocycles. The lowest BCUT2D eigenvalue weighted by Crippen LogP contribution is -2.59. The fraction of sp³-hybridized carbons (Fsp3) is 0.500. The number of hydroxylamine groups is 3. The Kier molecular flexibility index (Phi) is 3.14. The van der Waals surface area contributed by atoms with E-state index in [-0.39, 0.29) is 10.8 Å². The van der Waals surface area contributed by atoms with Gasteiger partial charge in [0.2, 0.25) is 0 Å².